The first kappa shape index (κ1) is 24.5. The van der Waals surface area contributed by atoms with Crippen molar-refractivity contribution < 1.29 is 24.2 Å². The number of hydrogen-bond acceptors (Lipinski definition) is 5. The van der Waals surface area contributed by atoms with E-state index in [2.05, 4.69) is 0 Å². The summed E-state index contributed by atoms with van der Waals surface area (Å²) in [6.45, 7) is 1.89. The molecule has 2 aromatic carbocycles. The molecular formula is C24H28ClN3O5. The number of aliphatic hydroxyl groups is 1. The second-order valence-corrected chi connectivity index (χ2v) is 8.22. The average Bonchev–Trinajstić information content (AvgIpc) is 2.94. The predicted octanol–water partition coefficient (Wildman–Crippen LogP) is 2.74. The Morgan fingerprint density at radius 2 is 1.97 bits per heavy atom. The van der Waals surface area contributed by atoms with Gasteiger partial charge in [0.2, 0.25) is 11.8 Å². The normalized spacial score (nSPS) is 14.5. The van der Waals surface area contributed by atoms with Crippen LogP contribution in [0, 0.1) is 0 Å². The van der Waals surface area contributed by atoms with Gasteiger partial charge in [-0.2, -0.15) is 0 Å². The zero-order valence-corrected chi connectivity index (χ0v) is 19.3. The van der Waals surface area contributed by atoms with Gasteiger partial charge in [0.05, 0.1) is 17.2 Å². The Labute approximate surface area is 197 Å². The highest BCUT2D eigenvalue weighted by Gasteiger charge is 2.35. The first-order chi connectivity index (χ1) is 15.9. The quantitative estimate of drug-likeness (QED) is 0.581. The first-order valence-corrected chi connectivity index (χ1v) is 11.3. The Kier molecular flexibility index (Phi) is 8.30. The van der Waals surface area contributed by atoms with E-state index >= 15 is 0 Å². The summed E-state index contributed by atoms with van der Waals surface area (Å²) in [6, 6.07) is 11.1. The van der Waals surface area contributed by atoms with E-state index in [4.69, 9.17) is 27.2 Å². The smallest absolute Gasteiger partial charge is 0.260 e. The van der Waals surface area contributed by atoms with E-state index in [9.17, 15) is 14.4 Å². The lowest BCUT2D eigenvalue weighted by atomic mass is 10.1. The van der Waals surface area contributed by atoms with Crippen molar-refractivity contribution in [2.24, 2.45) is 5.73 Å². The number of halogens is 1. The molecule has 2 aromatic rings. The number of para-hydroxylation sites is 1. The zero-order chi connectivity index (χ0) is 24.0. The number of unbranched alkanes of at least 4 members (excludes halogenated alkanes) is 1. The molecule has 0 aliphatic carbocycles. The molecule has 176 valence electrons. The lowest BCUT2D eigenvalue weighted by Crippen LogP contribution is -2.49. The van der Waals surface area contributed by atoms with Crippen LogP contribution < -0.4 is 15.4 Å². The number of ether oxygens (including phenoxy) is 1. The molecule has 1 aliphatic rings. The van der Waals surface area contributed by atoms with Crippen LogP contribution in [0.25, 0.3) is 0 Å². The molecular weight excluding hydrogens is 446 g/mol. The molecule has 0 bridgehead atoms. The van der Waals surface area contributed by atoms with E-state index in [1.165, 1.54) is 21.9 Å². The van der Waals surface area contributed by atoms with Crippen LogP contribution in [0.4, 0.5) is 5.69 Å². The number of rotatable bonds is 9. The van der Waals surface area contributed by atoms with Crippen molar-refractivity contribution in [2.45, 2.75) is 38.8 Å². The second-order valence-electron chi connectivity index (χ2n) is 7.82. The lowest BCUT2D eigenvalue weighted by molar-refractivity contribution is -0.139. The van der Waals surface area contributed by atoms with Gasteiger partial charge in [-0.15, -0.1) is 0 Å². The molecule has 3 N–H and O–H groups in total. The molecule has 1 heterocycles. The van der Waals surface area contributed by atoms with Gasteiger partial charge >= 0.3 is 0 Å². The van der Waals surface area contributed by atoms with E-state index in [-0.39, 0.29) is 42.8 Å². The van der Waals surface area contributed by atoms with Crippen molar-refractivity contribution in [2.75, 3.05) is 24.7 Å². The van der Waals surface area contributed by atoms with Crippen molar-refractivity contribution in [3.8, 4) is 5.75 Å². The van der Waals surface area contributed by atoms with E-state index < -0.39 is 17.9 Å². The highest BCUT2D eigenvalue weighted by atomic mass is 35.5. The average molecular weight is 474 g/mol. The van der Waals surface area contributed by atoms with Gasteiger partial charge in [-0.1, -0.05) is 49.6 Å². The van der Waals surface area contributed by atoms with Gasteiger partial charge in [-0.05, 0) is 36.2 Å². The molecule has 1 unspecified atom stereocenters. The Hall–Kier alpha value is -3.10. The minimum absolute atomic E-state index is 0.104. The van der Waals surface area contributed by atoms with Crippen LogP contribution in [0.3, 0.4) is 0 Å². The van der Waals surface area contributed by atoms with Crippen molar-refractivity contribution in [3.63, 3.8) is 0 Å². The third-order valence-corrected chi connectivity index (χ3v) is 5.86. The maximum absolute atomic E-state index is 13.5. The van der Waals surface area contributed by atoms with Crippen molar-refractivity contribution >= 4 is 35.0 Å². The molecule has 0 spiro atoms. The van der Waals surface area contributed by atoms with Crippen LogP contribution in [0.15, 0.2) is 42.5 Å². The van der Waals surface area contributed by atoms with Crippen LogP contribution in [0.5, 0.6) is 5.75 Å². The standard InChI is InChI=1S/C24H28ClN3O5/c1-2-3-7-21(23(26)31)27-14-16-6-4-5-8-20(16)28(15-22(27)30)24(32)18-10-9-17(13-19(18)25)33-12-11-29/h4-6,8-10,13,21,29H,2-3,7,11-12,14-15H2,1H3,(H2,26,31). The molecule has 9 heteroatoms. The summed E-state index contributed by atoms with van der Waals surface area (Å²) in [5, 5.41) is 9.08. The first-order valence-electron chi connectivity index (χ1n) is 10.9. The molecule has 1 atom stereocenters. The molecule has 0 aromatic heterocycles. The minimum Gasteiger partial charge on any atom is -0.491 e. The molecule has 3 amide bonds. The fourth-order valence-corrected chi connectivity index (χ4v) is 4.12. The number of primary amides is 1. The monoisotopic (exact) mass is 473 g/mol. The highest BCUT2D eigenvalue weighted by molar-refractivity contribution is 6.34. The molecule has 0 saturated carbocycles. The second kappa shape index (κ2) is 11.2. The number of aliphatic hydroxyl groups excluding tert-OH is 1. The summed E-state index contributed by atoms with van der Waals surface area (Å²) in [5.41, 5.74) is 7.16. The Morgan fingerprint density at radius 3 is 2.64 bits per heavy atom. The van der Waals surface area contributed by atoms with Gasteiger partial charge in [-0.25, -0.2) is 0 Å². The number of nitrogens with two attached hydrogens (primary N) is 1. The number of carbonyl (C=O) groups is 3. The fraction of sp³-hybridized carbons (Fsp3) is 0.375. The summed E-state index contributed by atoms with van der Waals surface area (Å²) in [4.78, 5) is 41.7. The zero-order valence-electron chi connectivity index (χ0n) is 18.5. The summed E-state index contributed by atoms with van der Waals surface area (Å²) in [7, 11) is 0. The van der Waals surface area contributed by atoms with Gasteiger partial charge in [0.25, 0.3) is 5.91 Å². The molecule has 8 nitrogen and oxygen atoms in total. The van der Waals surface area contributed by atoms with E-state index in [0.29, 0.717) is 17.9 Å². The maximum Gasteiger partial charge on any atom is 0.260 e. The van der Waals surface area contributed by atoms with Gasteiger partial charge in [0.15, 0.2) is 0 Å². The lowest BCUT2D eigenvalue weighted by Gasteiger charge is -2.29. The molecule has 0 fully saturated rings. The predicted molar refractivity (Wildman–Crippen MR) is 125 cm³/mol. The number of amides is 3. The van der Waals surface area contributed by atoms with Gasteiger partial charge < -0.3 is 20.5 Å². The number of fused-ring (bicyclic) bond motifs is 1. The summed E-state index contributed by atoms with van der Waals surface area (Å²) >= 11 is 6.36. The van der Waals surface area contributed by atoms with Crippen LogP contribution in [-0.4, -0.2) is 53.5 Å². The van der Waals surface area contributed by atoms with Crippen LogP contribution >= 0.6 is 11.6 Å². The van der Waals surface area contributed by atoms with Crippen molar-refractivity contribution in [1.82, 2.24) is 4.90 Å². The number of anilines is 1. The number of carbonyl (C=O) groups excluding carboxylic acids is 3. The van der Waals surface area contributed by atoms with Crippen LogP contribution in [-0.2, 0) is 16.1 Å². The fourth-order valence-electron chi connectivity index (χ4n) is 3.87. The van der Waals surface area contributed by atoms with E-state index in [1.807, 2.05) is 19.1 Å². The summed E-state index contributed by atoms with van der Waals surface area (Å²) < 4.78 is 5.34. The topological polar surface area (TPSA) is 113 Å². The summed E-state index contributed by atoms with van der Waals surface area (Å²) in [6.07, 6.45) is 2.08. The largest absolute Gasteiger partial charge is 0.491 e. The SMILES string of the molecule is CCCCC(C(N)=O)N1Cc2ccccc2N(C(=O)c2ccc(OCCO)cc2Cl)CC1=O. The van der Waals surface area contributed by atoms with Crippen molar-refractivity contribution in [3.05, 3.63) is 58.6 Å². The van der Waals surface area contributed by atoms with Gasteiger partial charge in [0.1, 0.15) is 24.9 Å². The molecule has 3 rings (SSSR count). The molecule has 1 aliphatic heterocycles. The Balaban J connectivity index is 1.95. The maximum atomic E-state index is 13.5. The number of hydrogen-bond donors (Lipinski definition) is 2. The third-order valence-electron chi connectivity index (χ3n) is 5.55. The van der Waals surface area contributed by atoms with Crippen LogP contribution in [0.2, 0.25) is 5.02 Å². The van der Waals surface area contributed by atoms with E-state index in [0.717, 1.165) is 18.4 Å². The molecule has 0 radical (unpaired) electrons. The molecule has 33 heavy (non-hydrogen) atoms. The minimum atomic E-state index is -0.743. The van der Waals surface area contributed by atoms with Gasteiger partial charge in [0, 0.05) is 12.2 Å². The number of nitrogens with zero attached hydrogens (tertiary/aromatic N) is 2. The Bertz CT molecular complexity index is 1030. The van der Waals surface area contributed by atoms with Gasteiger partial charge in [-0.3, -0.25) is 19.3 Å². The van der Waals surface area contributed by atoms with E-state index in [1.54, 1.807) is 18.2 Å². The molecule has 0 saturated heterocycles. The van der Waals surface area contributed by atoms with Crippen LogP contribution in [0.1, 0.15) is 42.1 Å². The summed E-state index contributed by atoms with van der Waals surface area (Å²) in [5.74, 6) is -0.945. The van der Waals surface area contributed by atoms with Crippen molar-refractivity contribution in [1.29, 1.82) is 0 Å². The Morgan fingerprint density at radius 1 is 1.21 bits per heavy atom. The third kappa shape index (κ3) is 5.64. The highest BCUT2D eigenvalue weighted by Crippen LogP contribution is 2.31. The number of benzene rings is 2.